The number of nitrogens with zero attached hydrogens (tertiary/aromatic N) is 3. The van der Waals surface area contributed by atoms with Crippen molar-refractivity contribution in [2.24, 2.45) is 0 Å². The molecule has 1 atom stereocenters. The number of rotatable bonds is 5. The fraction of sp³-hybridized carbons (Fsp3) is 0.318. The molecule has 150 valence electrons. The molecule has 2 heterocycles. The highest BCUT2D eigenvalue weighted by atomic mass is 19.1. The number of amides is 1. The van der Waals surface area contributed by atoms with Gasteiger partial charge in [0.1, 0.15) is 5.82 Å². The molecule has 0 saturated carbocycles. The van der Waals surface area contributed by atoms with Crippen LogP contribution in [-0.4, -0.2) is 41.1 Å². The van der Waals surface area contributed by atoms with E-state index in [2.05, 4.69) is 10.1 Å². The summed E-state index contributed by atoms with van der Waals surface area (Å²) in [5.74, 6) is 0.419. The average Bonchev–Trinajstić information content (AvgIpc) is 3.24. The van der Waals surface area contributed by atoms with Gasteiger partial charge >= 0.3 is 0 Å². The Bertz CT molecular complexity index is 1000. The molecule has 0 aliphatic carbocycles. The molecule has 0 radical (unpaired) electrons. The fourth-order valence-electron chi connectivity index (χ4n) is 3.69. The first-order chi connectivity index (χ1) is 14.2. The van der Waals surface area contributed by atoms with Crippen LogP contribution in [-0.2, 0) is 11.3 Å². The zero-order valence-corrected chi connectivity index (χ0v) is 16.2. The number of benzene rings is 2. The summed E-state index contributed by atoms with van der Waals surface area (Å²) < 4.78 is 24.1. The maximum atomic E-state index is 13.5. The molecule has 0 bridgehead atoms. The van der Waals surface area contributed by atoms with Crippen LogP contribution in [0.25, 0.3) is 11.4 Å². The predicted molar refractivity (Wildman–Crippen MR) is 105 cm³/mol. The van der Waals surface area contributed by atoms with Crippen LogP contribution in [0.3, 0.4) is 0 Å². The van der Waals surface area contributed by atoms with Crippen molar-refractivity contribution in [3.63, 3.8) is 0 Å². The Hall–Kier alpha value is -3.06. The standard InChI is InChI=1S/C22H22FN3O3/c1-28-14-17-6-2-3-10-19(17)22(27)26-11-5-8-16(13-26)21-24-20(25-29-21)15-7-4-9-18(23)12-15/h2-4,6-7,9-10,12,16H,5,8,11,13-14H2,1H3. The van der Waals surface area contributed by atoms with E-state index in [9.17, 15) is 9.18 Å². The summed E-state index contributed by atoms with van der Waals surface area (Å²) in [6, 6.07) is 13.6. The van der Waals surface area contributed by atoms with Crippen molar-refractivity contribution in [1.29, 1.82) is 0 Å². The molecule has 6 nitrogen and oxygen atoms in total. The van der Waals surface area contributed by atoms with E-state index in [1.54, 1.807) is 19.2 Å². The second-order valence-electron chi connectivity index (χ2n) is 7.15. The number of carbonyl (C=O) groups excluding carboxylic acids is 1. The highest BCUT2D eigenvalue weighted by Crippen LogP contribution is 2.29. The van der Waals surface area contributed by atoms with Crippen molar-refractivity contribution in [3.8, 4) is 11.4 Å². The SMILES string of the molecule is COCc1ccccc1C(=O)N1CCCC(c2nc(-c3cccc(F)c3)no2)C1. The third-order valence-electron chi connectivity index (χ3n) is 5.13. The lowest BCUT2D eigenvalue weighted by Gasteiger charge is -2.31. The van der Waals surface area contributed by atoms with Crippen molar-refractivity contribution in [3.05, 3.63) is 71.4 Å². The van der Waals surface area contributed by atoms with Gasteiger partial charge in [-0.15, -0.1) is 0 Å². The molecule has 1 amide bonds. The van der Waals surface area contributed by atoms with Crippen LogP contribution in [0.15, 0.2) is 53.1 Å². The molecular weight excluding hydrogens is 373 g/mol. The zero-order valence-electron chi connectivity index (χ0n) is 16.2. The van der Waals surface area contributed by atoms with Gasteiger partial charge in [0.05, 0.1) is 12.5 Å². The van der Waals surface area contributed by atoms with E-state index >= 15 is 0 Å². The molecule has 2 aromatic carbocycles. The lowest BCUT2D eigenvalue weighted by Crippen LogP contribution is -2.39. The van der Waals surface area contributed by atoms with Gasteiger partial charge in [-0.3, -0.25) is 4.79 Å². The molecule has 4 rings (SSSR count). The van der Waals surface area contributed by atoms with Crippen LogP contribution in [0.2, 0.25) is 0 Å². The molecule has 7 heteroatoms. The van der Waals surface area contributed by atoms with Gasteiger partial charge in [0.2, 0.25) is 11.7 Å². The summed E-state index contributed by atoms with van der Waals surface area (Å²) in [7, 11) is 1.62. The van der Waals surface area contributed by atoms with E-state index in [-0.39, 0.29) is 17.6 Å². The second-order valence-corrected chi connectivity index (χ2v) is 7.15. The maximum Gasteiger partial charge on any atom is 0.254 e. The number of likely N-dealkylation sites (tertiary alicyclic amines) is 1. The van der Waals surface area contributed by atoms with Crippen LogP contribution in [0, 0.1) is 5.82 Å². The maximum absolute atomic E-state index is 13.5. The highest BCUT2D eigenvalue weighted by molar-refractivity contribution is 5.95. The molecular formula is C22H22FN3O3. The Labute approximate surface area is 168 Å². The fourth-order valence-corrected chi connectivity index (χ4v) is 3.69. The minimum Gasteiger partial charge on any atom is -0.380 e. The van der Waals surface area contributed by atoms with E-state index < -0.39 is 0 Å². The molecule has 1 saturated heterocycles. The molecule has 1 aromatic heterocycles. The summed E-state index contributed by atoms with van der Waals surface area (Å²) in [4.78, 5) is 19.4. The van der Waals surface area contributed by atoms with Gasteiger partial charge in [0, 0.05) is 31.3 Å². The van der Waals surface area contributed by atoms with Gasteiger partial charge in [-0.2, -0.15) is 4.98 Å². The molecule has 0 spiro atoms. The number of hydrogen-bond donors (Lipinski definition) is 0. The number of carbonyl (C=O) groups is 1. The van der Waals surface area contributed by atoms with Gasteiger partial charge in [0.15, 0.2) is 0 Å². The van der Waals surface area contributed by atoms with E-state index in [1.807, 2.05) is 29.2 Å². The number of methoxy groups -OCH3 is 1. The lowest BCUT2D eigenvalue weighted by molar-refractivity contribution is 0.0691. The Kier molecular flexibility index (Phi) is 5.67. The van der Waals surface area contributed by atoms with E-state index in [0.717, 1.165) is 18.4 Å². The Morgan fingerprint density at radius 1 is 1.28 bits per heavy atom. The lowest BCUT2D eigenvalue weighted by atomic mass is 9.96. The average molecular weight is 395 g/mol. The third-order valence-corrected chi connectivity index (χ3v) is 5.13. The minimum atomic E-state index is -0.349. The van der Waals surface area contributed by atoms with Crippen LogP contribution in [0.4, 0.5) is 4.39 Å². The molecule has 1 unspecified atom stereocenters. The first kappa shape index (κ1) is 19.3. The van der Waals surface area contributed by atoms with Gasteiger partial charge < -0.3 is 14.2 Å². The number of aromatic nitrogens is 2. The highest BCUT2D eigenvalue weighted by Gasteiger charge is 2.30. The van der Waals surface area contributed by atoms with Crippen molar-refractivity contribution in [2.45, 2.75) is 25.4 Å². The van der Waals surface area contributed by atoms with E-state index in [4.69, 9.17) is 9.26 Å². The van der Waals surface area contributed by atoms with Crippen LogP contribution in [0.1, 0.15) is 40.6 Å². The van der Waals surface area contributed by atoms with Crippen LogP contribution in [0.5, 0.6) is 0 Å². The van der Waals surface area contributed by atoms with Crippen molar-refractivity contribution in [2.75, 3.05) is 20.2 Å². The number of ether oxygens (including phenoxy) is 1. The minimum absolute atomic E-state index is 0.0211. The van der Waals surface area contributed by atoms with Gasteiger partial charge in [-0.05, 0) is 36.6 Å². The van der Waals surface area contributed by atoms with Gasteiger partial charge in [-0.25, -0.2) is 4.39 Å². The molecule has 29 heavy (non-hydrogen) atoms. The molecule has 1 fully saturated rings. The number of hydrogen-bond acceptors (Lipinski definition) is 5. The Morgan fingerprint density at radius 2 is 2.14 bits per heavy atom. The Morgan fingerprint density at radius 3 is 2.97 bits per heavy atom. The predicted octanol–water partition coefficient (Wildman–Crippen LogP) is 4.04. The normalized spacial score (nSPS) is 16.8. The first-order valence-corrected chi connectivity index (χ1v) is 9.61. The van der Waals surface area contributed by atoms with Crippen molar-refractivity contribution in [1.82, 2.24) is 15.0 Å². The second kappa shape index (κ2) is 8.53. The van der Waals surface area contributed by atoms with Crippen molar-refractivity contribution < 1.29 is 18.4 Å². The smallest absolute Gasteiger partial charge is 0.254 e. The quantitative estimate of drug-likeness (QED) is 0.652. The number of piperidine rings is 1. The van der Waals surface area contributed by atoms with E-state index in [0.29, 0.717) is 42.5 Å². The molecule has 3 aromatic rings. The third kappa shape index (κ3) is 4.19. The molecule has 1 aliphatic rings. The summed E-state index contributed by atoms with van der Waals surface area (Å²) in [6.45, 7) is 1.58. The van der Waals surface area contributed by atoms with Crippen LogP contribution >= 0.6 is 0 Å². The van der Waals surface area contributed by atoms with Crippen molar-refractivity contribution >= 4 is 5.91 Å². The summed E-state index contributed by atoms with van der Waals surface area (Å²) >= 11 is 0. The van der Waals surface area contributed by atoms with Gasteiger partial charge in [0.25, 0.3) is 5.91 Å². The van der Waals surface area contributed by atoms with Gasteiger partial charge in [-0.1, -0.05) is 35.5 Å². The molecule has 0 N–H and O–H groups in total. The largest absolute Gasteiger partial charge is 0.380 e. The monoisotopic (exact) mass is 395 g/mol. The van der Waals surface area contributed by atoms with E-state index in [1.165, 1.54) is 12.1 Å². The number of halogens is 1. The van der Waals surface area contributed by atoms with Crippen LogP contribution < -0.4 is 0 Å². The molecule has 1 aliphatic heterocycles. The first-order valence-electron chi connectivity index (χ1n) is 9.61. The summed E-state index contributed by atoms with van der Waals surface area (Å²) in [5.41, 5.74) is 2.09. The zero-order chi connectivity index (χ0) is 20.2. The summed E-state index contributed by atoms with van der Waals surface area (Å²) in [5, 5.41) is 4.00. The topological polar surface area (TPSA) is 68.5 Å². The summed E-state index contributed by atoms with van der Waals surface area (Å²) in [6.07, 6.45) is 1.70. The Balaban J connectivity index is 1.51.